The van der Waals surface area contributed by atoms with Crippen molar-refractivity contribution < 1.29 is 14.3 Å². The fraction of sp³-hybridized carbons (Fsp3) is 0.296. The summed E-state index contributed by atoms with van der Waals surface area (Å²) in [4.78, 5) is 31.4. The Balaban J connectivity index is 1.35. The Morgan fingerprint density at radius 3 is 2.36 bits per heavy atom. The van der Waals surface area contributed by atoms with E-state index < -0.39 is 0 Å². The third kappa shape index (κ3) is 5.58. The van der Waals surface area contributed by atoms with Gasteiger partial charge in [-0.05, 0) is 74.6 Å². The molecule has 2 heterocycles. The highest BCUT2D eigenvalue weighted by atomic mass is 16.5. The fourth-order valence-corrected chi connectivity index (χ4v) is 3.96. The van der Waals surface area contributed by atoms with Crippen LogP contribution in [-0.4, -0.2) is 34.8 Å². The lowest BCUT2D eigenvalue weighted by Gasteiger charge is -2.30. The van der Waals surface area contributed by atoms with Gasteiger partial charge in [0.25, 0.3) is 11.8 Å². The first-order chi connectivity index (χ1) is 15.9. The summed E-state index contributed by atoms with van der Waals surface area (Å²) >= 11 is 0. The zero-order chi connectivity index (χ0) is 23.4. The van der Waals surface area contributed by atoms with Crippen LogP contribution in [0.5, 0.6) is 11.6 Å². The number of anilines is 1. The van der Waals surface area contributed by atoms with Crippen LogP contribution < -0.4 is 10.1 Å². The highest BCUT2D eigenvalue weighted by molar-refractivity contribution is 6.05. The summed E-state index contributed by atoms with van der Waals surface area (Å²) in [6.07, 6.45) is 3.67. The number of ether oxygens (including phenoxy) is 1. The van der Waals surface area contributed by atoms with Gasteiger partial charge in [0.15, 0.2) is 0 Å². The number of pyridine rings is 1. The standard InChI is InChI=1S/C27H29N3O3/c1-18-12-14-30(15-13-18)27(32)21-5-8-23(9-6-21)33-25-11-7-22(17-28-25)29-26(31)24-10-4-19(2)16-20(24)3/h4-11,16-18H,12-15H2,1-3H3,(H,29,31). The van der Waals surface area contributed by atoms with E-state index in [-0.39, 0.29) is 11.8 Å². The van der Waals surface area contributed by atoms with Crippen LogP contribution >= 0.6 is 0 Å². The molecular weight excluding hydrogens is 414 g/mol. The number of benzene rings is 2. The molecule has 1 aliphatic heterocycles. The largest absolute Gasteiger partial charge is 0.439 e. The number of hydrogen-bond acceptors (Lipinski definition) is 4. The summed E-state index contributed by atoms with van der Waals surface area (Å²) in [6.45, 7) is 7.78. The second-order valence-corrected chi connectivity index (χ2v) is 8.76. The van der Waals surface area contributed by atoms with E-state index in [9.17, 15) is 9.59 Å². The van der Waals surface area contributed by atoms with Gasteiger partial charge in [0.1, 0.15) is 5.75 Å². The van der Waals surface area contributed by atoms with Gasteiger partial charge in [0.05, 0.1) is 11.9 Å². The molecule has 4 rings (SSSR count). The molecular formula is C27H29N3O3. The molecule has 170 valence electrons. The molecule has 0 bridgehead atoms. The van der Waals surface area contributed by atoms with Crippen molar-refractivity contribution in [3.05, 3.63) is 83.0 Å². The minimum absolute atomic E-state index is 0.0653. The number of rotatable bonds is 5. The molecule has 1 N–H and O–H groups in total. The Hall–Kier alpha value is -3.67. The summed E-state index contributed by atoms with van der Waals surface area (Å²) in [5.41, 5.74) is 3.93. The molecule has 0 saturated carbocycles. The van der Waals surface area contributed by atoms with Crippen LogP contribution in [0.4, 0.5) is 5.69 Å². The molecule has 0 spiro atoms. The van der Waals surface area contributed by atoms with Gasteiger partial charge in [0.2, 0.25) is 5.88 Å². The lowest BCUT2D eigenvalue weighted by Crippen LogP contribution is -2.37. The monoisotopic (exact) mass is 443 g/mol. The fourth-order valence-electron chi connectivity index (χ4n) is 3.96. The van der Waals surface area contributed by atoms with Crippen LogP contribution in [0.25, 0.3) is 0 Å². The van der Waals surface area contributed by atoms with Crippen molar-refractivity contribution in [2.24, 2.45) is 5.92 Å². The number of carbonyl (C=O) groups excluding carboxylic acids is 2. The topological polar surface area (TPSA) is 71.5 Å². The van der Waals surface area contributed by atoms with Gasteiger partial charge in [-0.1, -0.05) is 24.6 Å². The molecule has 2 amide bonds. The highest BCUT2D eigenvalue weighted by Crippen LogP contribution is 2.23. The maximum Gasteiger partial charge on any atom is 0.255 e. The SMILES string of the molecule is Cc1ccc(C(=O)Nc2ccc(Oc3ccc(C(=O)N4CCC(C)CC4)cc3)nc2)c(C)c1. The first kappa shape index (κ1) is 22.5. The molecule has 0 unspecified atom stereocenters. The van der Waals surface area contributed by atoms with Gasteiger partial charge >= 0.3 is 0 Å². The van der Waals surface area contributed by atoms with E-state index in [1.807, 2.05) is 36.9 Å². The molecule has 33 heavy (non-hydrogen) atoms. The van der Waals surface area contributed by atoms with Crippen LogP contribution in [-0.2, 0) is 0 Å². The third-order valence-corrected chi connectivity index (χ3v) is 6.02. The number of nitrogens with zero attached hydrogens (tertiary/aromatic N) is 2. The summed E-state index contributed by atoms with van der Waals surface area (Å²) in [7, 11) is 0. The summed E-state index contributed by atoms with van der Waals surface area (Å²) in [5, 5.41) is 2.86. The molecule has 2 aromatic carbocycles. The maximum atomic E-state index is 12.7. The Kier molecular flexibility index (Phi) is 6.73. The maximum absolute atomic E-state index is 12.7. The van der Waals surface area contributed by atoms with Crippen molar-refractivity contribution in [1.82, 2.24) is 9.88 Å². The van der Waals surface area contributed by atoms with Crippen LogP contribution in [0.2, 0.25) is 0 Å². The Morgan fingerprint density at radius 1 is 1.00 bits per heavy atom. The number of likely N-dealkylation sites (tertiary alicyclic amines) is 1. The molecule has 0 radical (unpaired) electrons. The van der Waals surface area contributed by atoms with Crippen LogP contribution in [0, 0.1) is 19.8 Å². The first-order valence-electron chi connectivity index (χ1n) is 11.3. The second kappa shape index (κ2) is 9.86. The van der Waals surface area contributed by atoms with E-state index in [0.717, 1.165) is 37.1 Å². The number of nitrogens with one attached hydrogen (secondary N) is 1. The molecule has 0 atom stereocenters. The number of piperidine rings is 1. The summed E-state index contributed by atoms with van der Waals surface area (Å²) in [5.74, 6) is 1.58. The molecule has 3 aromatic rings. The van der Waals surface area contributed by atoms with Crippen LogP contribution in [0.15, 0.2) is 60.8 Å². The predicted octanol–water partition coefficient (Wildman–Crippen LogP) is 5.62. The van der Waals surface area contributed by atoms with E-state index in [2.05, 4.69) is 17.2 Å². The van der Waals surface area contributed by atoms with E-state index >= 15 is 0 Å². The lowest BCUT2D eigenvalue weighted by molar-refractivity contribution is 0.0697. The number of carbonyl (C=O) groups is 2. The smallest absolute Gasteiger partial charge is 0.255 e. The van der Waals surface area contributed by atoms with E-state index in [4.69, 9.17) is 4.74 Å². The van der Waals surface area contributed by atoms with Crippen molar-refractivity contribution in [3.63, 3.8) is 0 Å². The number of aromatic nitrogens is 1. The van der Waals surface area contributed by atoms with E-state index in [0.29, 0.717) is 34.4 Å². The number of aryl methyl sites for hydroxylation is 2. The molecule has 0 aliphatic carbocycles. The zero-order valence-electron chi connectivity index (χ0n) is 19.3. The Labute approximate surface area is 194 Å². The van der Waals surface area contributed by atoms with Gasteiger partial charge in [0, 0.05) is 30.3 Å². The molecule has 6 nitrogen and oxygen atoms in total. The average molecular weight is 444 g/mol. The highest BCUT2D eigenvalue weighted by Gasteiger charge is 2.21. The molecule has 1 aliphatic rings. The van der Waals surface area contributed by atoms with E-state index in [1.165, 1.54) is 0 Å². The molecule has 1 fully saturated rings. The third-order valence-electron chi connectivity index (χ3n) is 6.02. The van der Waals surface area contributed by atoms with Gasteiger partial charge < -0.3 is 15.0 Å². The lowest BCUT2D eigenvalue weighted by atomic mass is 9.98. The van der Waals surface area contributed by atoms with Gasteiger partial charge in [-0.3, -0.25) is 9.59 Å². The Morgan fingerprint density at radius 2 is 1.73 bits per heavy atom. The normalized spacial score (nSPS) is 14.1. The van der Waals surface area contributed by atoms with Crippen molar-refractivity contribution >= 4 is 17.5 Å². The zero-order valence-corrected chi connectivity index (χ0v) is 19.3. The van der Waals surface area contributed by atoms with Crippen LogP contribution in [0.3, 0.4) is 0 Å². The minimum atomic E-state index is -0.175. The number of hydrogen-bond donors (Lipinski definition) is 1. The van der Waals surface area contributed by atoms with Crippen molar-refractivity contribution in [1.29, 1.82) is 0 Å². The van der Waals surface area contributed by atoms with Gasteiger partial charge in [-0.25, -0.2) is 4.98 Å². The Bertz CT molecular complexity index is 1130. The summed E-state index contributed by atoms with van der Waals surface area (Å²) < 4.78 is 5.80. The first-order valence-corrected chi connectivity index (χ1v) is 11.3. The van der Waals surface area contributed by atoms with Crippen molar-refractivity contribution in [3.8, 4) is 11.6 Å². The van der Waals surface area contributed by atoms with Gasteiger partial charge in [-0.15, -0.1) is 0 Å². The van der Waals surface area contributed by atoms with Crippen LogP contribution in [0.1, 0.15) is 51.6 Å². The molecule has 6 heteroatoms. The predicted molar refractivity (Wildman–Crippen MR) is 129 cm³/mol. The molecule has 1 saturated heterocycles. The average Bonchev–Trinajstić information content (AvgIpc) is 2.81. The van der Waals surface area contributed by atoms with Crippen molar-refractivity contribution in [2.75, 3.05) is 18.4 Å². The summed E-state index contributed by atoms with van der Waals surface area (Å²) in [6, 6.07) is 16.3. The molecule has 1 aromatic heterocycles. The quantitative estimate of drug-likeness (QED) is 0.556. The van der Waals surface area contributed by atoms with Crippen molar-refractivity contribution in [2.45, 2.75) is 33.6 Å². The van der Waals surface area contributed by atoms with Gasteiger partial charge in [-0.2, -0.15) is 0 Å². The minimum Gasteiger partial charge on any atom is -0.439 e. The number of amides is 2. The van der Waals surface area contributed by atoms with E-state index in [1.54, 1.807) is 42.6 Å². The second-order valence-electron chi connectivity index (χ2n) is 8.76.